The van der Waals surface area contributed by atoms with Gasteiger partial charge in [-0.1, -0.05) is 40.2 Å². The fourth-order valence-electron chi connectivity index (χ4n) is 3.69. The summed E-state index contributed by atoms with van der Waals surface area (Å²) < 4.78 is 31.2. The first-order valence-corrected chi connectivity index (χ1v) is 13.1. The molecule has 4 rings (SSSR count). The molecule has 3 aromatic rings. The second kappa shape index (κ2) is 10.8. The first kappa shape index (κ1) is 25.3. The number of benzene rings is 2. The number of piperidine rings is 1. The first-order valence-electron chi connectivity index (χ1n) is 10.8. The van der Waals surface area contributed by atoms with Crippen LogP contribution in [0.3, 0.4) is 0 Å². The summed E-state index contributed by atoms with van der Waals surface area (Å²) in [6.07, 6.45) is 3.65. The van der Waals surface area contributed by atoms with Crippen molar-refractivity contribution >= 4 is 43.1 Å². The van der Waals surface area contributed by atoms with E-state index in [1.807, 2.05) is 39.0 Å². The van der Waals surface area contributed by atoms with Crippen molar-refractivity contribution in [2.24, 2.45) is 0 Å². The number of sulfone groups is 1. The lowest BCUT2D eigenvalue weighted by Crippen LogP contribution is -2.26. The normalized spacial score (nSPS) is 14.9. The Morgan fingerprint density at radius 2 is 1.76 bits per heavy atom. The van der Waals surface area contributed by atoms with Crippen LogP contribution in [0.1, 0.15) is 45.1 Å². The zero-order valence-electron chi connectivity index (χ0n) is 19.0. The summed E-state index contributed by atoms with van der Waals surface area (Å²) in [6.45, 7) is 7.94. The number of carbonyl (C=O) groups excluding carboxylic acids is 1. The SMILES string of the molecule is CC(C)(C)OC=O.O=S(=O)(c1cccc(Br)c1)c1cnc2c(C3CCNCC3)cccc2c1. The van der Waals surface area contributed by atoms with Gasteiger partial charge in [0.25, 0.3) is 6.47 Å². The zero-order chi connectivity index (χ0) is 24.1. The van der Waals surface area contributed by atoms with Crippen molar-refractivity contribution in [1.82, 2.24) is 10.3 Å². The van der Waals surface area contributed by atoms with Crippen molar-refractivity contribution in [2.75, 3.05) is 13.1 Å². The smallest absolute Gasteiger partial charge is 0.293 e. The average molecular weight is 533 g/mol. The van der Waals surface area contributed by atoms with Crippen molar-refractivity contribution in [1.29, 1.82) is 0 Å². The van der Waals surface area contributed by atoms with Gasteiger partial charge in [-0.2, -0.15) is 0 Å². The minimum Gasteiger partial charge on any atom is -0.462 e. The van der Waals surface area contributed by atoms with Crippen molar-refractivity contribution < 1.29 is 17.9 Å². The van der Waals surface area contributed by atoms with Crippen LogP contribution in [-0.2, 0) is 19.4 Å². The van der Waals surface area contributed by atoms with Gasteiger partial charge < -0.3 is 10.1 Å². The van der Waals surface area contributed by atoms with Crippen LogP contribution < -0.4 is 5.32 Å². The number of ether oxygens (including phenoxy) is 1. The summed E-state index contributed by atoms with van der Waals surface area (Å²) in [6, 6.07) is 14.5. The molecule has 0 atom stereocenters. The van der Waals surface area contributed by atoms with Crippen molar-refractivity contribution in [3.63, 3.8) is 0 Å². The number of rotatable bonds is 4. The molecule has 2 aromatic carbocycles. The number of fused-ring (bicyclic) bond motifs is 1. The molecule has 0 radical (unpaired) electrons. The maximum atomic E-state index is 12.9. The minimum absolute atomic E-state index is 0.227. The zero-order valence-corrected chi connectivity index (χ0v) is 21.4. The molecule has 1 aliphatic heterocycles. The number of nitrogens with one attached hydrogen (secondary N) is 1. The Kier molecular flexibility index (Phi) is 8.26. The summed E-state index contributed by atoms with van der Waals surface area (Å²) in [5, 5.41) is 4.25. The molecule has 0 unspecified atom stereocenters. The van der Waals surface area contributed by atoms with Gasteiger partial charge in [-0.25, -0.2) is 8.42 Å². The third kappa shape index (κ3) is 6.62. The molecule has 1 aromatic heterocycles. The van der Waals surface area contributed by atoms with Gasteiger partial charge in [0.1, 0.15) is 5.60 Å². The highest BCUT2D eigenvalue weighted by Crippen LogP contribution is 2.32. The van der Waals surface area contributed by atoms with Crippen molar-refractivity contribution in [2.45, 2.75) is 54.9 Å². The molecular formula is C25H29BrN2O4S. The molecule has 0 bridgehead atoms. The molecule has 0 aliphatic carbocycles. The van der Waals surface area contributed by atoms with Crippen LogP contribution in [0.2, 0.25) is 0 Å². The largest absolute Gasteiger partial charge is 0.462 e. The summed E-state index contributed by atoms with van der Waals surface area (Å²) in [4.78, 5) is 14.7. The third-order valence-corrected chi connectivity index (χ3v) is 7.53. The van der Waals surface area contributed by atoms with Crippen LogP contribution in [0, 0.1) is 0 Å². The highest BCUT2D eigenvalue weighted by molar-refractivity contribution is 9.10. The number of halogens is 1. The third-order valence-electron chi connectivity index (χ3n) is 5.31. The van der Waals surface area contributed by atoms with Gasteiger partial charge in [0, 0.05) is 16.1 Å². The fourth-order valence-corrected chi connectivity index (χ4v) is 5.52. The number of carbonyl (C=O) groups is 1. The molecule has 176 valence electrons. The lowest BCUT2D eigenvalue weighted by molar-refractivity contribution is -0.138. The molecule has 33 heavy (non-hydrogen) atoms. The topological polar surface area (TPSA) is 85.4 Å². The summed E-state index contributed by atoms with van der Waals surface area (Å²) in [7, 11) is -3.59. The Balaban J connectivity index is 0.000000383. The minimum atomic E-state index is -3.59. The van der Waals surface area contributed by atoms with E-state index in [1.165, 1.54) is 11.8 Å². The van der Waals surface area contributed by atoms with Gasteiger partial charge in [-0.05, 0) is 82.4 Å². The van der Waals surface area contributed by atoms with Gasteiger partial charge in [0.05, 0.1) is 15.3 Å². The van der Waals surface area contributed by atoms with E-state index in [0.717, 1.165) is 41.3 Å². The van der Waals surface area contributed by atoms with E-state index in [-0.39, 0.29) is 15.4 Å². The van der Waals surface area contributed by atoms with E-state index in [2.05, 4.69) is 37.0 Å². The van der Waals surface area contributed by atoms with E-state index in [0.29, 0.717) is 12.4 Å². The predicted octanol–water partition coefficient (Wildman–Crippen LogP) is 5.26. The first-order chi connectivity index (χ1) is 15.6. The van der Waals surface area contributed by atoms with Crippen LogP contribution in [0.4, 0.5) is 0 Å². The number of hydrogen-bond donors (Lipinski definition) is 1. The molecule has 0 spiro atoms. The van der Waals surface area contributed by atoms with Crippen LogP contribution in [0.15, 0.2) is 69.0 Å². The molecule has 1 saturated heterocycles. The lowest BCUT2D eigenvalue weighted by atomic mass is 9.89. The number of aromatic nitrogens is 1. The van der Waals surface area contributed by atoms with E-state index < -0.39 is 9.84 Å². The quantitative estimate of drug-likeness (QED) is 0.461. The number of nitrogens with zero attached hydrogens (tertiary/aromatic N) is 1. The fraction of sp³-hybridized carbons (Fsp3) is 0.360. The molecule has 0 saturated carbocycles. The van der Waals surface area contributed by atoms with E-state index >= 15 is 0 Å². The number of hydrogen-bond acceptors (Lipinski definition) is 6. The average Bonchev–Trinajstić information content (AvgIpc) is 2.78. The van der Waals surface area contributed by atoms with Gasteiger partial charge >= 0.3 is 0 Å². The Morgan fingerprint density at radius 3 is 2.36 bits per heavy atom. The van der Waals surface area contributed by atoms with Gasteiger partial charge in [-0.15, -0.1) is 0 Å². The molecule has 2 heterocycles. The van der Waals surface area contributed by atoms with Crippen LogP contribution >= 0.6 is 15.9 Å². The Labute approximate surface area is 203 Å². The van der Waals surface area contributed by atoms with Crippen LogP contribution in [0.5, 0.6) is 0 Å². The summed E-state index contributed by atoms with van der Waals surface area (Å²) in [5.74, 6) is 0.472. The van der Waals surface area contributed by atoms with Gasteiger partial charge in [-0.3, -0.25) is 9.78 Å². The molecular weight excluding hydrogens is 504 g/mol. The highest BCUT2D eigenvalue weighted by atomic mass is 79.9. The monoisotopic (exact) mass is 532 g/mol. The van der Waals surface area contributed by atoms with E-state index in [9.17, 15) is 13.2 Å². The number of pyridine rings is 1. The summed E-state index contributed by atoms with van der Waals surface area (Å²) >= 11 is 3.34. The lowest BCUT2D eigenvalue weighted by Gasteiger charge is -2.23. The van der Waals surface area contributed by atoms with Crippen molar-refractivity contribution in [3.05, 3.63) is 64.8 Å². The van der Waals surface area contributed by atoms with Crippen LogP contribution in [-0.4, -0.2) is 38.6 Å². The highest BCUT2D eigenvalue weighted by Gasteiger charge is 2.21. The Hall–Kier alpha value is -2.29. The second-order valence-corrected chi connectivity index (χ2v) is 11.8. The van der Waals surface area contributed by atoms with E-state index in [1.54, 1.807) is 24.3 Å². The molecule has 1 fully saturated rings. The number of para-hydroxylation sites is 1. The molecule has 1 N–H and O–H groups in total. The molecule has 0 amide bonds. The van der Waals surface area contributed by atoms with Gasteiger partial charge in [0.15, 0.2) is 0 Å². The van der Waals surface area contributed by atoms with E-state index in [4.69, 9.17) is 0 Å². The molecule has 1 aliphatic rings. The van der Waals surface area contributed by atoms with Crippen LogP contribution in [0.25, 0.3) is 10.9 Å². The van der Waals surface area contributed by atoms with Crippen molar-refractivity contribution in [3.8, 4) is 0 Å². The second-order valence-electron chi connectivity index (χ2n) is 8.90. The molecule has 8 heteroatoms. The summed E-state index contributed by atoms with van der Waals surface area (Å²) in [5.41, 5.74) is 1.81. The maximum Gasteiger partial charge on any atom is 0.293 e. The standard InChI is InChI=1S/C20H19BrN2O2S.C5H10O2/c21-16-4-2-5-17(12-16)26(24,25)18-11-15-3-1-6-19(20(15)23-13-18)14-7-9-22-10-8-14;1-5(2,3)7-4-6/h1-6,11-14,22H,7-10H2;4H,1-3H3. The molecule has 6 nitrogen and oxygen atoms in total. The Bertz CT molecular complexity index is 1220. The van der Waals surface area contributed by atoms with Gasteiger partial charge in [0.2, 0.25) is 9.84 Å². The Morgan fingerprint density at radius 1 is 1.06 bits per heavy atom. The predicted molar refractivity (Wildman–Crippen MR) is 133 cm³/mol. The maximum absolute atomic E-state index is 12.9.